The van der Waals surface area contributed by atoms with E-state index in [0.29, 0.717) is 26.3 Å². The highest BCUT2D eigenvalue weighted by atomic mass is 16.5. The average Bonchev–Trinajstić information content (AvgIpc) is 2.74. The number of ether oxygens (including phenoxy) is 1. The van der Waals surface area contributed by atoms with Crippen LogP contribution >= 0.6 is 0 Å². The summed E-state index contributed by atoms with van der Waals surface area (Å²) in [7, 11) is 0. The summed E-state index contributed by atoms with van der Waals surface area (Å²) in [5, 5.41) is 4.06. The number of nitrogens with zero attached hydrogens (tertiary/aromatic N) is 2. The Morgan fingerprint density at radius 3 is 2.48 bits per heavy atom. The summed E-state index contributed by atoms with van der Waals surface area (Å²) in [4.78, 5) is 31.7. The minimum atomic E-state index is -0.0438. The molecule has 2 heterocycles. The molecule has 1 N–H and O–H groups in total. The Bertz CT molecular complexity index is 819. The zero-order chi connectivity index (χ0) is 18.6. The molecule has 0 radical (unpaired) electrons. The minimum Gasteiger partial charge on any atom is -0.378 e. The van der Waals surface area contributed by atoms with Crippen molar-refractivity contribution in [2.75, 3.05) is 31.6 Å². The number of amides is 2. The molecule has 1 aromatic heterocycles. The summed E-state index contributed by atoms with van der Waals surface area (Å²) in [6.07, 6.45) is 4.81. The number of hydrogen-bond donors (Lipinski definition) is 1. The summed E-state index contributed by atoms with van der Waals surface area (Å²) >= 11 is 0. The topological polar surface area (TPSA) is 71.5 Å². The molecule has 27 heavy (non-hydrogen) atoms. The molecule has 2 fully saturated rings. The Morgan fingerprint density at radius 2 is 1.70 bits per heavy atom. The van der Waals surface area contributed by atoms with Gasteiger partial charge < -0.3 is 15.0 Å². The van der Waals surface area contributed by atoms with Crippen LogP contribution in [0, 0.1) is 11.8 Å². The van der Waals surface area contributed by atoms with Crippen molar-refractivity contribution < 1.29 is 14.3 Å². The van der Waals surface area contributed by atoms with Crippen LogP contribution in [0.2, 0.25) is 0 Å². The number of rotatable bonds is 3. The fourth-order valence-electron chi connectivity index (χ4n) is 4.08. The Labute approximate surface area is 158 Å². The van der Waals surface area contributed by atoms with Gasteiger partial charge in [0.05, 0.1) is 24.4 Å². The third-order valence-electron chi connectivity index (χ3n) is 5.66. The smallest absolute Gasteiger partial charge is 0.227 e. The van der Waals surface area contributed by atoms with E-state index in [1.54, 1.807) is 6.20 Å². The largest absolute Gasteiger partial charge is 0.378 e. The lowest BCUT2D eigenvalue weighted by molar-refractivity contribution is -0.141. The van der Waals surface area contributed by atoms with Crippen molar-refractivity contribution in [2.24, 2.45) is 11.8 Å². The molecule has 142 valence electrons. The number of carbonyl (C=O) groups excluding carboxylic acids is 2. The Hall–Kier alpha value is -2.47. The number of morpholine rings is 1. The van der Waals surface area contributed by atoms with Gasteiger partial charge >= 0.3 is 0 Å². The summed E-state index contributed by atoms with van der Waals surface area (Å²) in [5.41, 5.74) is 1.56. The van der Waals surface area contributed by atoms with Gasteiger partial charge in [0.2, 0.25) is 11.8 Å². The maximum atomic E-state index is 12.7. The molecular formula is C21H25N3O3. The van der Waals surface area contributed by atoms with Gasteiger partial charge in [-0.3, -0.25) is 14.6 Å². The van der Waals surface area contributed by atoms with Gasteiger partial charge in [-0.05, 0) is 37.8 Å². The number of benzene rings is 1. The number of carbonyl (C=O) groups is 2. The lowest BCUT2D eigenvalue weighted by Crippen LogP contribution is -2.44. The summed E-state index contributed by atoms with van der Waals surface area (Å²) in [6, 6.07) is 9.68. The highest BCUT2D eigenvalue weighted by Gasteiger charge is 2.32. The summed E-state index contributed by atoms with van der Waals surface area (Å²) in [5.74, 6) is 0.268. The van der Waals surface area contributed by atoms with Gasteiger partial charge in [-0.1, -0.05) is 18.2 Å². The van der Waals surface area contributed by atoms with Crippen LogP contribution in [0.15, 0.2) is 36.5 Å². The van der Waals surface area contributed by atoms with Gasteiger partial charge in [0.15, 0.2) is 0 Å². The van der Waals surface area contributed by atoms with E-state index in [1.165, 1.54) is 0 Å². The van der Waals surface area contributed by atoms with Gasteiger partial charge in [0.1, 0.15) is 0 Å². The number of para-hydroxylation sites is 1. The fraction of sp³-hybridized carbons (Fsp3) is 0.476. The Morgan fingerprint density at radius 1 is 1.00 bits per heavy atom. The van der Waals surface area contributed by atoms with E-state index in [1.807, 2.05) is 35.2 Å². The van der Waals surface area contributed by atoms with Gasteiger partial charge in [0.25, 0.3) is 0 Å². The molecule has 0 spiro atoms. The molecule has 6 heteroatoms. The third kappa shape index (κ3) is 3.95. The first kappa shape index (κ1) is 17.9. The van der Waals surface area contributed by atoms with Crippen molar-refractivity contribution >= 4 is 28.4 Å². The van der Waals surface area contributed by atoms with Gasteiger partial charge in [-0.2, -0.15) is 0 Å². The van der Waals surface area contributed by atoms with Crippen LogP contribution in [0.5, 0.6) is 0 Å². The Balaban J connectivity index is 1.35. The molecule has 0 bridgehead atoms. The lowest BCUT2D eigenvalue weighted by atomic mass is 9.81. The lowest BCUT2D eigenvalue weighted by Gasteiger charge is -2.33. The van der Waals surface area contributed by atoms with E-state index in [4.69, 9.17) is 4.74 Å². The van der Waals surface area contributed by atoms with E-state index in [9.17, 15) is 9.59 Å². The fourth-order valence-corrected chi connectivity index (χ4v) is 4.08. The van der Waals surface area contributed by atoms with E-state index in [2.05, 4.69) is 10.3 Å². The van der Waals surface area contributed by atoms with Crippen molar-refractivity contribution in [3.8, 4) is 0 Å². The molecular weight excluding hydrogens is 342 g/mol. The van der Waals surface area contributed by atoms with E-state index < -0.39 is 0 Å². The Kier molecular flexibility index (Phi) is 5.34. The zero-order valence-electron chi connectivity index (χ0n) is 15.4. The van der Waals surface area contributed by atoms with Gasteiger partial charge in [-0.15, -0.1) is 0 Å². The van der Waals surface area contributed by atoms with Crippen molar-refractivity contribution in [3.63, 3.8) is 0 Å². The molecule has 1 saturated carbocycles. The van der Waals surface area contributed by atoms with Crippen LogP contribution in [-0.2, 0) is 14.3 Å². The first-order valence-corrected chi connectivity index (χ1v) is 9.73. The minimum absolute atomic E-state index is 0.0328. The second-order valence-corrected chi connectivity index (χ2v) is 7.36. The predicted octanol–water partition coefficient (Wildman–Crippen LogP) is 2.84. The second kappa shape index (κ2) is 8.05. The zero-order valence-corrected chi connectivity index (χ0v) is 15.4. The second-order valence-electron chi connectivity index (χ2n) is 7.36. The van der Waals surface area contributed by atoms with Crippen LogP contribution in [0.3, 0.4) is 0 Å². The molecule has 0 atom stereocenters. The molecule has 6 nitrogen and oxygen atoms in total. The van der Waals surface area contributed by atoms with Crippen molar-refractivity contribution in [2.45, 2.75) is 25.7 Å². The van der Waals surface area contributed by atoms with Crippen LogP contribution < -0.4 is 5.32 Å². The molecule has 1 aromatic carbocycles. The SMILES string of the molecule is O=C(Nc1cccc2cccnc12)C1CCC(C(=O)N2CCOCC2)CC1. The predicted molar refractivity (Wildman–Crippen MR) is 103 cm³/mol. The quantitative estimate of drug-likeness (QED) is 0.905. The average molecular weight is 367 g/mol. The molecule has 1 aliphatic heterocycles. The van der Waals surface area contributed by atoms with Crippen molar-refractivity contribution in [3.05, 3.63) is 36.5 Å². The van der Waals surface area contributed by atoms with Crippen molar-refractivity contribution in [1.29, 1.82) is 0 Å². The molecule has 2 aromatic rings. The van der Waals surface area contributed by atoms with Crippen LogP contribution in [0.1, 0.15) is 25.7 Å². The highest BCUT2D eigenvalue weighted by Crippen LogP contribution is 2.31. The highest BCUT2D eigenvalue weighted by molar-refractivity contribution is 6.01. The molecule has 2 aliphatic rings. The third-order valence-corrected chi connectivity index (χ3v) is 5.66. The number of pyridine rings is 1. The maximum absolute atomic E-state index is 12.7. The van der Waals surface area contributed by atoms with Crippen LogP contribution in [0.4, 0.5) is 5.69 Å². The van der Waals surface area contributed by atoms with E-state index in [-0.39, 0.29) is 23.7 Å². The normalized spacial score (nSPS) is 23.2. The summed E-state index contributed by atoms with van der Waals surface area (Å²) < 4.78 is 5.32. The number of nitrogens with one attached hydrogen (secondary N) is 1. The van der Waals surface area contributed by atoms with Gasteiger partial charge in [-0.25, -0.2) is 0 Å². The standard InChI is InChI=1S/C21H25N3O3/c25-20(23-18-5-1-3-15-4-2-10-22-19(15)18)16-6-8-17(9-7-16)21(26)24-11-13-27-14-12-24/h1-5,10,16-17H,6-9,11-14H2,(H,23,25). The molecule has 0 unspecified atom stereocenters. The molecule has 4 rings (SSSR count). The molecule has 1 saturated heterocycles. The number of aromatic nitrogens is 1. The van der Waals surface area contributed by atoms with Crippen molar-refractivity contribution in [1.82, 2.24) is 9.88 Å². The van der Waals surface area contributed by atoms with Gasteiger partial charge in [0, 0.05) is 36.5 Å². The van der Waals surface area contributed by atoms with Crippen LogP contribution in [0.25, 0.3) is 10.9 Å². The maximum Gasteiger partial charge on any atom is 0.227 e. The van der Waals surface area contributed by atoms with E-state index in [0.717, 1.165) is 42.3 Å². The van der Waals surface area contributed by atoms with E-state index >= 15 is 0 Å². The number of hydrogen-bond acceptors (Lipinski definition) is 4. The van der Waals surface area contributed by atoms with Crippen LogP contribution in [-0.4, -0.2) is 48.0 Å². The number of anilines is 1. The monoisotopic (exact) mass is 367 g/mol. The number of fused-ring (bicyclic) bond motifs is 1. The molecule has 2 amide bonds. The molecule has 1 aliphatic carbocycles. The first-order chi connectivity index (χ1) is 13.2. The summed E-state index contributed by atoms with van der Waals surface area (Å²) in [6.45, 7) is 2.63. The first-order valence-electron chi connectivity index (χ1n) is 9.73.